The second-order valence-electron chi connectivity index (χ2n) is 4.91. The van der Waals surface area contributed by atoms with Crippen LogP contribution in [0.5, 0.6) is 5.75 Å². The SMILES string of the molecule is COC(=O)c1ccc(-c2ccn(-c3ccc(OC)cc3)n2)cc1. The summed E-state index contributed by atoms with van der Waals surface area (Å²) in [7, 11) is 3.01. The number of rotatable bonds is 4. The van der Waals surface area contributed by atoms with Gasteiger partial charge in [0, 0.05) is 11.8 Å². The average molecular weight is 308 g/mol. The minimum absolute atomic E-state index is 0.347. The third-order valence-electron chi connectivity index (χ3n) is 3.53. The van der Waals surface area contributed by atoms with Crippen LogP contribution in [-0.2, 0) is 4.74 Å². The fourth-order valence-electron chi connectivity index (χ4n) is 2.25. The largest absolute Gasteiger partial charge is 0.497 e. The van der Waals surface area contributed by atoms with E-state index in [1.165, 1.54) is 7.11 Å². The van der Waals surface area contributed by atoms with Crippen molar-refractivity contribution >= 4 is 5.97 Å². The molecular formula is C18H16N2O3. The lowest BCUT2D eigenvalue weighted by molar-refractivity contribution is 0.0601. The molecule has 0 fully saturated rings. The molecule has 0 aliphatic carbocycles. The third kappa shape index (κ3) is 3.08. The van der Waals surface area contributed by atoms with Gasteiger partial charge in [0.1, 0.15) is 5.75 Å². The maximum Gasteiger partial charge on any atom is 0.337 e. The molecule has 0 bridgehead atoms. The first-order chi connectivity index (χ1) is 11.2. The minimum Gasteiger partial charge on any atom is -0.497 e. The lowest BCUT2D eigenvalue weighted by Gasteiger charge is -2.04. The van der Waals surface area contributed by atoms with Gasteiger partial charge in [0.25, 0.3) is 0 Å². The average Bonchev–Trinajstić information content (AvgIpc) is 3.11. The lowest BCUT2D eigenvalue weighted by atomic mass is 10.1. The molecule has 0 saturated carbocycles. The van der Waals surface area contributed by atoms with Gasteiger partial charge in [0.2, 0.25) is 0 Å². The molecule has 0 spiro atoms. The van der Waals surface area contributed by atoms with Crippen LogP contribution >= 0.6 is 0 Å². The Morgan fingerprint density at radius 3 is 2.26 bits per heavy atom. The number of hydrogen-bond donors (Lipinski definition) is 0. The second kappa shape index (κ2) is 6.36. The predicted molar refractivity (Wildman–Crippen MR) is 86.9 cm³/mol. The van der Waals surface area contributed by atoms with Crippen molar-refractivity contribution in [3.8, 4) is 22.7 Å². The Morgan fingerprint density at radius 2 is 1.65 bits per heavy atom. The molecular weight excluding hydrogens is 292 g/mol. The van der Waals surface area contributed by atoms with E-state index in [0.29, 0.717) is 5.56 Å². The number of ether oxygens (including phenoxy) is 2. The zero-order valence-corrected chi connectivity index (χ0v) is 12.9. The molecule has 3 rings (SSSR count). The van der Waals surface area contributed by atoms with Gasteiger partial charge in [-0.15, -0.1) is 0 Å². The normalized spacial score (nSPS) is 10.3. The standard InChI is InChI=1S/C18H16N2O3/c1-22-16-9-7-15(8-10-16)20-12-11-17(19-20)13-3-5-14(6-4-13)18(21)23-2/h3-12H,1-2H3. The van der Waals surface area contributed by atoms with Crippen molar-refractivity contribution in [3.05, 3.63) is 66.4 Å². The molecule has 0 aliphatic rings. The van der Waals surface area contributed by atoms with Crippen molar-refractivity contribution < 1.29 is 14.3 Å². The fraction of sp³-hybridized carbons (Fsp3) is 0.111. The molecule has 2 aromatic carbocycles. The number of esters is 1. The van der Waals surface area contributed by atoms with Crippen LogP contribution in [0.3, 0.4) is 0 Å². The molecule has 1 aromatic heterocycles. The summed E-state index contributed by atoms with van der Waals surface area (Å²) < 4.78 is 11.6. The maximum atomic E-state index is 11.5. The van der Waals surface area contributed by atoms with Gasteiger partial charge >= 0.3 is 5.97 Å². The number of nitrogens with zero attached hydrogens (tertiary/aromatic N) is 2. The van der Waals surface area contributed by atoms with Gasteiger partial charge in [-0.05, 0) is 42.5 Å². The summed E-state index contributed by atoms with van der Waals surface area (Å²) in [5, 5.41) is 4.56. The summed E-state index contributed by atoms with van der Waals surface area (Å²) in [5.74, 6) is 0.458. The maximum absolute atomic E-state index is 11.5. The van der Waals surface area contributed by atoms with E-state index in [1.54, 1.807) is 23.9 Å². The highest BCUT2D eigenvalue weighted by Crippen LogP contribution is 2.20. The first-order valence-electron chi connectivity index (χ1n) is 7.10. The van der Waals surface area contributed by atoms with Crippen LogP contribution < -0.4 is 4.74 Å². The molecule has 0 amide bonds. The molecule has 116 valence electrons. The summed E-state index contributed by atoms with van der Waals surface area (Å²) in [4.78, 5) is 11.5. The van der Waals surface area contributed by atoms with Crippen molar-refractivity contribution in [2.24, 2.45) is 0 Å². The first kappa shape index (κ1) is 14.8. The molecule has 3 aromatic rings. The lowest BCUT2D eigenvalue weighted by Crippen LogP contribution is -2.00. The molecule has 5 nitrogen and oxygen atoms in total. The summed E-state index contributed by atoms with van der Waals surface area (Å²) >= 11 is 0. The quantitative estimate of drug-likeness (QED) is 0.694. The molecule has 5 heteroatoms. The van der Waals surface area contributed by atoms with E-state index in [0.717, 1.165) is 22.7 Å². The molecule has 0 unspecified atom stereocenters. The zero-order valence-electron chi connectivity index (χ0n) is 12.9. The predicted octanol–water partition coefficient (Wildman–Crippen LogP) is 3.33. The highest BCUT2D eigenvalue weighted by molar-refractivity contribution is 5.89. The number of aromatic nitrogens is 2. The Balaban J connectivity index is 1.84. The van der Waals surface area contributed by atoms with Gasteiger partial charge in [0.05, 0.1) is 31.2 Å². The van der Waals surface area contributed by atoms with Crippen LogP contribution in [0.25, 0.3) is 16.9 Å². The third-order valence-corrected chi connectivity index (χ3v) is 3.53. The smallest absolute Gasteiger partial charge is 0.337 e. The van der Waals surface area contributed by atoms with Crippen molar-refractivity contribution in [1.82, 2.24) is 9.78 Å². The Morgan fingerprint density at radius 1 is 0.957 bits per heavy atom. The van der Waals surface area contributed by atoms with E-state index in [2.05, 4.69) is 5.10 Å². The molecule has 0 N–H and O–H groups in total. The van der Waals surface area contributed by atoms with Crippen LogP contribution in [0.15, 0.2) is 60.8 Å². The van der Waals surface area contributed by atoms with Gasteiger partial charge in [-0.3, -0.25) is 0 Å². The Labute approximate surface area is 134 Å². The summed E-state index contributed by atoms with van der Waals surface area (Å²) in [6, 6.07) is 16.8. The second-order valence-corrected chi connectivity index (χ2v) is 4.91. The van der Waals surface area contributed by atoms with Crippen molar-refractivity contribution in [1.29, 1.82) is 0 Å². The Bertz CT molecular complexity index is 805. The van der Waals surface area contributed by atoms with E-state index >= 15 is 0 Å². The summed E-state index contributed by atoms with van der Waals surface area (Å²) in [5.41, 5.74) is 3.23. The molecule has 0 radical (unpaired) electrons. The molecule has 0 atom stereocenters. The van der Waals surface area contributed by atoms with Gasteiger partial charge in [-0.1, -0.05) is 12.1 Å². The molecule has 0 aliphatic heterocycles. The van der Waals surface area contributed by atoms with E-state index in [-0.39, 0.29) is 5.97 Å². The number of benzene rings is 2. The van der Waals surface area contributed by atoms with E-state index in [9.17, 15) is 4.79 Å². The van der Waals surface area contributed by atoms with Crippen molar-refractivity contribution in [2.45, 2.75) is 0 Å². The van der Waals surface area contributed by atoms with Gasteiger partial charge in [-0.2, -0.15) is 5.10 Å². The number of carbonyl (C=O) groups is 1. The van der Waals surface area contributed by atoms with Crippen LogP contribution in [-0.4, -0.2) is 30.0 Å². The van der Waals surface area contributed by atoms with E-state index in [4.69, 9.17) is 9.47 Å². The summed E-state index contributed by atoms with van der Waals surface area (Å²) in [6.45, 7) is 0. The minimum atomic E-state index is -0.347. The molecule has 23 heavy (non-hydrogen) atoms. The van der Waals surface area contributed by atoms with E-state index in [1.807, 2.05) is 48.7 Å². The highest BCUT2D eigenvalue weighted by Gasteiger charge is 2.07. The molecule has 0 saturated heterocycles. The monoisotopic (exact) mass is 308 g/mol. The summed E-state index contributed by atoms with van der Waals surface area (Å²) in [6.07, 6.45) is 1.89. The van der Waals surface area contributed by atoms with E-state index < -0.39 is 0 Å². The first-order valence-corrected chi connectivity index (χ1v) is 7.10. The number of methoxy groups -OCH3 is 2. The zero-order chi connectivity index (χ0) is 16.2. The van der Waals surface area contributed by atoms with Crippen LogP contribution in [0, 0.1) is 0 Å². The highest BCUT2D eigenvalue weighted by atomic mass is 16.5. The number of carbonyl (C=O) groups excluding carboxylic acids is 1. The Kier molecular flexibility index (Phi) is 4.10. The number of hydrogen-bond acceptors (Lipinski definition) is 4. The van der Waals surface area contributed by atoms with Gasteiger partial charge < -0.3 is 9.47 Å². The van der Waals surface area contributed by atoms with Crippen molar-refractivity contribution in [3.63, 3.8) is 0 Å². The van der Waals surface area contributed by atoms with Crippen LogP contribution in [0.2, 0.25) is 0 Å². The fourth-order valence-corrected chi connectivity index (χ4v) is 2.25. The topological polar surface area (TPSA) is 53.4 Å². The van der Waals surface area contributed by atoms with Crippen LogP contribution in [0.1, 0.15) is 10.4 Å². The van der Waals surface area contributed by atoms with Gasteiger partial charge in [-0.25, -0.2) is 9.48 Å². The Hall–Kier alpha value is -3.08. The van der Waals surface area contributed by atoms with Crippen molar-refractivity contribution in [2.75, 3.05) is 14.2 Å². The molecule has 1 heterocycles. The van der Waals surface area contributed by atoms with Gasteiger partial charge in [0.15, 0.2) is 0 Å². The van der Waals surface area contributed by atoms with Crippen LogP contribution in [0.4, 0.5) is 0 Å².